The third-order valence-electron chi connectivity index (χ3n) is 2.93. The van der Waals surface area contributed by atoms with Crippen molar-refractivity contribution in [1.82, 2.24) is 19.7 Å². The van der Waals surface area contributed by atoms with Crippen LogP contribution in [0.3, 0.4) is 0 Å². The van der Waals surface area contributed by atoms with E-state index in [1.165, 1.54) is 12.1 Å². The smallest absolute Gasteiger partial charge is 0.199 e. The standard InChI is InChI=1S/C12H15FN4S/c1-8(16(2)3)11-14-15-12(18)17(11)10-6-4-9(13)5-7-10/h4-8H,1-3H3,(H,15,18). The van der Waals surface area contributed by atoms with E-state index in [1.807, 2.05) is 30.5 Å². The molecular weight excluding hydrogens is 251 g/mol. The molecule has 0 fully saturated rings. The zero-order valence-corrected chi connectivity index (χ0v) is 11.3. The molecule has 1 atom stereocenters. The molecule has 1 aromatic carbocycles. The monoisotopic (exact) mass is 266 g/mol. The molecule has 0 saturated carbocycles. The van der Waals surface area contributed by atoms with E-state index in [1.54, 1.807) is 12.1 Å². The molecule has 1 unspecified atom stereocenters. The minimum absolute atomic E-state index is 0.100. The molecule has 0 spiro atoms. The highest BCUT2D eigenvalue weighted by Crippen LogP contribution is 2.19. The molecule has 0 radical (unpaired) electrons. The topological polar surface area (TPSA) is 36.9 Å². The van der Waals surface area contributed by atoms with Gasteiger partial charge in [0.2, 0.25) is 0 Å². The second kappa shape index (κ2) is 4.99. The van der Waals surface area contributed by atoms with Gasteiger partial charge in [-0.1, -0.05) is 0 Å². The van der Waals surface area contributed by atoms with Crippen LogP contribution >= 0.6 is 12.2 Å². The molecule has 0 amide bonds. The third kappa shape index (κ3) is 2.34. The zero-order chi connectivity index (χ0) is 13.3. The molecule has 0 saturated heterocycles. The van der Waals surface area contributed by atoms with Crippen molar-refractivity contribution in [2.24, 2.45) is 0 Å². The number of aromatic nitrogens is 3. The molecule has 6 heteroatoms. The van der Waals surface area contributed by atoms with Gasteiger partial charge < -0.3 is 0 Å². The predicted molar refractivity (Wildman–Crippen MR) is 70.8 cm³/mol. The fraction of sp³-hybridized carbons (Fsp3) is 0.333. The summed E-state index contributed by atoms with van der Waals surface area (Å²) in [7, 11) is 3.94. The summed E-state index contributed by atoms with van der Waals surface area (Å²) < 4.78 is 15.3. The molecule has 18 heavy (non-hydrogen) atoms. The number of aromatic amines is 1. The van der Waals surface area contributed by atoms with Crippen LogP contribution < -0.4 is 0 Å². The first-order chi connectivity index (χ1) is 8.50. The van der Waals surface area contributed by atoms with Gasteiger partial charge >= 0.3 is 0 Å². The second-order valence-electron chi connectivity index (χ2n) is 4.34. The minimum atomic E-state index is -0.268. The fourth-order valence-corrected chi connectivity index (χ4v) is 1.90. The number of nitrogens with zero attached hydrogens (tertiary/aromatic N) is 3. The largest absolute Gasteiger partial charge is 0.300 e. The summed E-state index contributed by atoms with van der Waals surface area (Å²) in [5.74, 6) is 0.535. The predicted octanol–water partition coefficient (Wildman–Crippen LogP) is 2.69. The SMILES string of the molecule is CC(c1n[nH]c(=S)n1-c1ccc(F)cc1)N(C)C. The van der Waals surface area contributed by atoms with Crippen molar-refractivity contribution >= 4 is 12.2 Å². The molecule has 0 bridgehead atoms. The highest BCUT2D eigenvalue weighted by Gasteiger charge is 2.17. The number of H-pyrrole nitrogens is 1. The van der Waals surface area contributed by atoms with Crippen molar-refractivity contribution in [2.45, 2.75) is 13.0 Å². The summed E-state index contributed by atoms with van der Waals surface area (Å²) in [5, 5.41) is 7.03. The Bertz CT molecular complexity index is 585. The number of rotatable bonds is 3. The van der Waals surface area contributed by atoms with Gasteiger partial charge in [-0.2, -0.15) is 5.10 Å². The highest BCUT2D eigenvalue weighted by atomic mass is 32.1. The maximum absolute atomic E-state index is 12.9. The minimum Gasteiger partial charge on any atom is -0.300 e. The summed E-state index contributed by atoms with van der Waals surface area (Å²) in [6.45, 7) is 2.03. The van der Waals surface area contributed by atoms with E-state index in [0.29, 0.717) is 4.77 Å². The number of halogens is 1. The lowest BCUT2D eigenvalue weighted by Gasteiger charge is -2.19. The van der Waals surface area contributed by atoms with E-state index in [4.69, 9.17) is 12.2 Å². The van der Waals surface area contributed by atoms with Gasteiger partial charge in [-0.25, -0.2) is 4.39 Å². The van der Waals surface area contributed by atoms with Crippen molar-refractivity contribution in [3.63, 3.8) is 0 Å². The first-order valence-corrected chi connectivity index (χ1v) is 6.01. The second-order valence-corrected chi connectivity index (χ2v) is 4.73. The van der Waals surface area contributed by atoms with E-state index in [-0.39, 0.29) is 11.9 Å². The van der Waals surface area contributed by atoms with Gasteiger partial charge in [0.15, 0.2) is 10.6 Å². The van der Waals surface area contributed by atoms with E-state index in [2.05, 4.69) is 10.2 Å². The van der Waals surface area contributed by atoms with Crippen molar-refractivity contribution < 1.29 is 4.39 Å². The van der Waals surface area contributed by atoms with Crippen LogP contribution in [-0.2, 0) is 0 Å². The number of benzene rings is 1. The Hall–Kier alpha value is -1.53. The fourth-order valence-electron chi connectivity index (χ4n) is 1.66. The maximum Gasteiger partial charge on any atom is 0.199 e. The zero-order valence-electron chi connectivity index (χ0n) is 10.5. The van der Waals surface area contributed by atoms with Crippen LogP contribution in [0, 0.1) is 10.6 Å². The Morgan fingerprint density at radius 3 is 2.50 bits per heavy atom. The molecule has 1 aromatic heterocycles. The van der Waals surface area contributed by atoms with Crippen LogP contribution in [0.4, 0.5) is 4.39 Å². The molecule has 2 rings (SSSR count). The molecule has 4 nitrogen and oxygen atoms in total. The summed E-state index contributed by atoms with van der Waals surface area (Å²) >= 11 is 5.23. The average molecular weight is 266 g/mol. The number of hydrogen-bond acceptors (Lipinski definition) is 3. The Balaban J connectivity index is 2.53. The number of hydrogen-bond donors (Lipinski definition) is 1. The average Bonchev–Trinajstić information content (AvgIpc) is 2.71. The Morgan fingerprint density at radius 1 is 1.33 bits per heavy atom. The van der Waals surface area contributed by atoms with Gasteiger partial charge in [0.25, 0.3) is 0 Å². The lowest BCUT2D eigenvalue weighted by molar-refractivity contribution is 0.305. The van der Waals surface area contributed by atoms with Crippen LogP contribution in [-0.4, -0.2) is 33.8 Å². The van der Waals surface area contributed by atoms with Crippen molar-refractivity contribution in [3.8, 4) is 5.69 Å². The van der Waals surface area contributed by atoms with Crippen molar-refractivity contribution in [2.75, 3.05) is 14.1 Å². The number of nitrogens with one attached hydrogen (secondary N) is 1. The Kier molecular flexibility index (Phi) is 3.58. The van der Waals surface area contributed by atoms with Crippen LogP contribution in [0.1, 0.15) is 18.8 Å². The van der Waals surface area contributed by atoms with Gasteiger partial charge in [0.05, 0.1) is 6.04 Å². The summed E-state index contributed by atoms with van der Waals surface area (Å²) in [6.07, 6.45) is 0. The van der Waals surface area contributed by atoms with Crippen LogP contribution in [0.2, 0.25) is 0 Å². The molecule has 96 valence electrons. The lowest BCUT2D eigenvalue weighted by Crippen LogP contribution is -2.20. The van der Waals surface area contributed by atoms with Crippen LogP contribution in [0.15, 0.2) is 24.3 Å². The van der Waals surface area contributed by atoms with Gasteiger partial charge in [-0.05, 0) is 57.5 Å². The Morgan fingerprint density at radius 2 is 1.94 bits per heavy atom. The summed E-state index contributed by atoms with van der Waals surface area (Å²) in [4.78, 5) is 2.03. The molecule has 0 aliphatic carbocycles. The van der Waals surface area contributed by atoms with Crippen molar-refractivity contribution in [1.29, 1.82) is 0 Å². The quantitative estimate of drug-likeness (QED) is 0.868. The van der Waals surface area contributed by atoms with E-state index in [0.717, 1.165) is 11.5 Å². The molecule has 0 aliphatic rings. The lowest BCUT2D eigenvalue weighted by atomic mass is 10.2. The third-order valence-corrected chi connectivity index (χ3v) is 3.21. The molecule has 1 heterocycles. The maximum atomic E-state index is 12.9. The van der Waals surface area contributed by atoms with Gasteiger partial charge in [0.1, 0.15) is 5.82 Å². The van der Waals surface area contributed by atoms with Crippen LogP contribution in [0.5, 0.6) is 0 Å². The van der Waals surface area contributed by atoms with E-state index >= 15 is 0 Å². The molecule has 0 aliphatic heterocycles. The molecular formula is C12H15FN4S. The van der Waals surface area contributed by atoms with E-state index < -0.39 is 0 Å². The molecule has 2 aromatic rings. The summed E-state index contributed by atoms with van der Waals surface area (Å²) in [5.41, 5.74) is 0.804. The van der Waals surface area contributed by atoms with E-state index in [9.17, 15) is 4.39 Å². The first kappa shape index (κ1) is 12.9. The van der Waals surface area contributed by atoms with Gasteiger partial charge in [-0.3, -0.25) is 14.6 Å². The summed E-state index contributed by atoms with van der Waals surface area (Å²) in [6, 6.07) is 6.30. The van der Waals surface area contributed by atoms with Gasteiger partial charge in [-0.15, -0.1) is 0 Å². The highest BCUT2D eigenvalue weighted by molar-refractivity contribution is 7.71. The van der Waals surface area contributed by atoms with Crippen molar-refractivity contribution in [3.05, 3.63) is 40.7 Å². The molecule has 1 N–H and O–H groups in total. The van der Waals surface area contributed by atoms with Gasteiger partial charge in [0, 0.05) is 5.69 Å². The first-order valence-electron chi connectivity index (χ1n) is 5.60. The normalized spacial score (nSPS) is 12.9. The van der Waals surface area contributed by atoms with Crippen LogP contribution in [0.25, 0.3) is 5.69 Å². The Labute approximate surface area is 110 Å².